The van der Waals surface area contributed by atoms with Crippen molar-refractivity contribution in [3.8, 4) is 10.6 Å². The van der Waals surface area contributed by atoms with Crippen LogP contribution in [0.1, 0.15) is 16.1 Å². The molecule has 0 aliphatic heterocycles. The molecular formula is C11H8FNOS. The first-order valence-corrected chi connectivity index (χ1v) is 5.26. The lowest BCUT2D eigenvalue weighted by molar-refractivity contribution is 0.111. The molecule has 1 aromatic heterocycles. The van der Waals surface area contributed by atoms with Gasteiger partial charge >= 0.3 is 0 Å². The molecule has 76 valence electrons. The molecule has 0 fully saturated rings. The Morgan fingerprint density at radius 2 is 2.27 bits per heavy atom. The summed E-state index contributed by atoms with van der Waals surface area (Å²) in [6.07, 6.45) is 0.705. The van der Waals surface area contributed by atoms with E-state index in [0.29, 0.717) is 17.5 Å². The van der Waals surface area contributed by atoms with Gasteiger partial charge in [0, 0.05) is 10.9 Å². The summed E-state index contributed by atoms with van der Waals surface area (Å²) < 4.78 is 13.0. The fraction of sp³-hybridized carbons (Fsp3) is 0.0909. The summed E-state index contributed by atoms with van der Waals surface area (Å²) in [5.74, 6) is -0.231. The lowest BCUT2D eigenvalue weighted by Gasteiger charge is -1.99. The molecule has 0 spiro atoms. The van der Waals surface area contributed by atoms with Crippen LogP contribution in [0.4, 0.5) is 4.39 Å². The Bertz CT molecular complexity index is 507. The second kappa shape index (κ2) is 3.90. The van der Waals surface area contributed by atoms with Crippen LogP contribution in [0.5, 0.6) is 0 Å². The molecule has 0 unspecified atom stereocenters. The van der Waals surface area contributed by atoms with Crippen molar-refractivity contribution in [1.29, 1.82) is 0 Å². The first-order valence-electron chi connectivity index (χ1n) is 4.38. The normalized spacial score (nSPS) is 10.3. The molecule has 0 atom stereocenters. The maximum absolute atomic E-state index is 13.0. The van der Waals surface area contributed by atoms with E-state index in [9.17, 15) is 9.18 Å². The number of rotatable bonds is 2. The van der Waals surface area contributed by atoms with E-state index < -0.39 is 0 Å². The Labute approximate surface area is 90.4 Å². The average Bonchev–Trinajstić information content (AvgIpc) is 2.70. The number of carbonyl (C=O) groups is 1. The number of hydrogen-bond donors (Lipinski definition) is 0. The number of benzene rings is 1. The summed E-state index contributed by atoms with van der Waals surface area (Å²) in [6.45, 7) is 1.70. The fourth-order valence-electron chi connectivity index (χ4n) is 1.25. The predicted molar refractivity (Wildman–Crippen MR) is 57.6 cm³/mol. The van der Waals surface area contributed by atoms with Gasteiger partial charge in [0.2, 0.25) is 0 Å². The monoisotopic (exact) mass is 221 g/mol. The highest BCUT2D eigenvalue weighted by Gasteiger charge is 2.05. The lowest BCUT2D eigenvalue weighted by atomic mass is 10.1. The highest BCUT2D eigenvalue weighted by atomic mass is 32.1. The number of aromatic nitrogens is 1. The van der Waals surface area contributed by atoms with Crippen LogP contribution in [0.25, 0.3) is 10.6 Å². The molecule has 0 saturated heterocycles. The summed E-state index contributed by atoms with van der Waals surface area (Å²) in [5, 5.41) is 2.42. The number of carbonyl (C=O) groups excluding carboxylic acids is 1. The van der Waals surface area contributed by atoms with Crippen LogP contribution in [0.15, 0.2) is 23.6 Å². The van der Waals surface area contributed by atoms with E-state index in [1.807, 2.05) is 0 Å². The maximum atomic E-state index is 13.0. The molecule has 0 amide bonds. The minimum Gasteiger partial charge on any atom is -0.296 e. The van der Waals surface area contributed by atoms with Gasteiger partial charge in [0.15, 0.2) is 6.29 Å². The third-order valence-corrected chi connectivity index (χ3v) is 2.96. The van der Waals surface area contributed by atoms with Gasteiger partial charge in [0.25, 0.3) is 0 Å². The minimum atomic E-state index is -0.231. The van der Waals surface area contributed by atoms with Crippen molar-refractivity contribution >= 4 is 17.6 Å². The molecule has 0 aliphatic rings. The van der Waals surface area contributed by atoms with Crippen molar-refractivity contribution in [2.75, 3.05) is 0 Å². The van der Waals surface area contributed by atoms with Crippen LogP contribution in [-0.4, -0.2) is 11.3 Å². The average molecular weight is 221 g/mol. The Morgan fingerprint density at radius 3 is 2.87 bits per heavy atom. The van der Waals surface area contributed by atoms with E-state index in [2.05, 4.69) is 4.98 Å². The summed E-state index contributed by atoms with van der Waals surface area (Å²) in [6, 6.07) is 4.80. The third kappa shape index (κ3) is 1.94. The van der Waals surface area contributed by atoms with Crippen molar-refractivity contribution in [2.45, 2.75) is 6.92 Å². The van der Waals surface area contributed by atoms with Crippen molar-refractivity contribution in [1.82, 2.24) is 4.98 Å². The largest absolute Gasteiger partial charge is 0.296 e. The molecular weight excluding hydrogens is 213 g/mol. The zero-order valence-electron chi connectivity index (χ0n) is 8.03. The standard InChI is InChI=1S/C11H8FNOS/c1-7-4-8(2-3-10(7)12)11-13-9(5-14)6-15-11/h2-6H,1H3. The van der Waals surface area contributed by atoms with E-state index in [1.165, 1.54) is 17.4 Å². The predicted octanol–water partition coefficient (Wildman–Crippen LogP) is 3.07. The SMILES string of the molecule is Cc1cc(-c2nc(C=O)cs2)ccc1F. The van der Waals surface area contributed by atoms with Gasteiger partial charge in [-0.15, -0.1) is 11.3 Å². The molecule has 0 N–H and O–H groups in total. The van der Waals surface area contributed by atoms with E-state index in [1.54, 1.807) is 24.4 Å². The Hall–Kier alpha value is -1.55. The zero-order valence-corrected chi connectivity index (χ0v) is 8.84. The number of thiazole rings is 1. The second-order valence-corrected chi connectivity index (χ2v) is 4.02. The van der Waals surface area contributed by atoms with Crippen LogP contribution in [-0.2, 0) is 0 Å². The van der Waals surface area contributed by atoms with Gasteiger partial charge < -0.3 is 0 Å². The van der Waals surface area contributed by atoms with Gasteiger partial charge in [-0.25, -0.2) is 9.37 Å². The lowest BCUT2D eigenvalue weighted by Crippen LogP contribution is -1.84. The smallest absolute Gasteiger partial charge is 0.169 e. The first-order chi connectivity index (χ1) is 7.20. The number of nitrogens with zero attached hydrogens (tertiary/aromatic N) is 1. The van der Waals surface area contributed by atoms with Gasteiger partial charge in [0.1, 0.15) is 16.5 Å². The van der Waals surface area contributed by atoms with Crippen molar-refractivity contribution in [3.05, 3.63) is 40.7 Å². The van der Waals surface area contributed by atoms with Crippen LogP contribution in [0, 0.1) is 12.7 Å². The van der Waals surface area contributed by atoms with Crippen molar-refractivity contribution in [2.24, 2.45) is 0 Å². The number of aryl methyl sites for hydroxylation is 1. The molecule has 1 heterocycles. The second-order valence-electron chi connectivity index (χ2n) is 3.16. The molecule has 15 heavy (non-hydrogen) atoms. The first kappa shape index (κ1) is 9.98. The molecule has 2 nitrogen and oxygen atoms in total. The number of hydrogen-bond acceptors (Lipinski definition) is 3. The molecule has 2 rings (SSSR count). The number of halogens is 1. The quantitative estimate of drug-likeness (QED) is 0.729. The topological polar surface area (TPSA) is 30.0 Å². The molecule has 0 bridgehead atoms. The Balaban J connectivity index is 2.44. The van der Waals surface area contributed by atoms with Gasteiger partial charge in [-0.3, -0.25) is 4.79 Å². The zero-order chi connectivity index (χ0) is 10.8. The van der Waals surface area contributed by atoms with E-state index >= 15 is 0 Å². The minimum absolute atomic E-state index is 0.231. The van der Waals surface area contributed by atoms with Crippen LogP contribution >= 0.6 is 11.3 Å². The van der Waals surface area contributed by atoms with Crippen molar-refractivity contribution < 1.29 is 9.18 Å². The summed E-state index contributed by atoms with van der Waals surface area (Å²) in [4.78, 5) is 14.6. The molecule has 4 heteroatoms. The summed E-state index contributed by atoms with van der Waals surface area (Å²) in [7, 11) is 0. The van der Waals surface area contributed by atoms with Gasteiger partial charge in [-0.05, 0) is 30.7 Å². The highest BCUT2D eigenvalue weighted by molar-refractivity contribution is 7.13. The summed E-state index contributed by atoms with van der Waals surface area (Å²) >= 11 is 1.38. The molecule has 0 aliphatic carbocycles. The molecule has 0 radical (unpaired) electrons. The Morgan fingerprint density at radius 1 is 1.47 bits per heavy atom. The van der Waals surface area contributed by atoms with Crippen LogP contribution < -0.4 is 0 Å². The van der Waals surface area contributed by atoms with Gasteiger partial charge in [-0.2, -0.15) is 0 Å². The molecule has 1 aromatic carbocycles. The van der Waals surface area contributed by atoms with Gasteiger partial charge in [-0.1, -0.05) is 0 Å². The fourth-order valence-corrected chi connectivity index (χ4v) is 2.01. The molecule has 2 aromatic rings. The Kier molecular flexibility index (Phi) is 2.60. The van der Waals surface area contributed by atoms with Crippen LogP contribution in [0.3, 0.4) is 0 Å². The van der Waals surface area contributed by atoms with Crippen LogP contribution in [0.2, 0.25) is 0 Å². The van der Waals surface area contributed by atoms with Gasteiger partial charge in [0.05, 0.1) is 0 Å². The molecule has 0 saturated carbocycles. The van der Waals surface area contributed by atoms with E-state index in [0.717, 1.165) is 10.6 Å². The number of aldehydes is 1. The summed E-state index contributed by atoms with van der Waals surface area (Å²) in [5.41, 5.74) is 1.83. The highest BCUT2D eigenvalue weighted by Crippen LogP contribution is 2.24. The third-order valence-electron chi connectivity index (χ3n) is 2.05. The van der Waals surface area contributed by atoms with E-state index in [4.69, 9.17) is 0 Å². The maximum Gasteiger partial charge on any atom is 0.169 e. The van der Waals surface area contributed by atoms with E-state index in [-0.39, 0.29) is 5.82 Å². The van der Waals surface area contributed by atoms with Crippen molar-refractivity contribution in [3.63, 3.8) is 0 Å².